The largest absolute Gasteiger partial charge is 0.507 e. The highest BCUT2D eigenvalue weighted by molar-refractivity contribution is 7.10. The third-order valence-corrected chi connectivity index (χ3v) is 6.67. The minimum atomic E-state index is -0.799. The first-order valence-electron chi connectivity index (χ1n) is 9.70. The molecule has 6 nitrogen and oxygen atoms in total. The van der Waals surface area contributed by atoms with E-state index in [9.17, 15) is 14.7 Å². The van der Waals surface area contributed by atoms with E-state index in [1.807, 2.05) is 18.4 Å². The molecule has 2 aromatic carbocycles. The van der Waals surface area contributed by atoms with Gasteiger partial charge in [-0.25, -0.2) is 0 Å². The maximum Gasteiger partial charge on any atom is 0.300 e. The maximum absolute atomic E-state index is 13.2. The number of ether oxygens (including phenoxy) is 2. The molecule has 8 heteroatoms. The van der Waals surface area contributed by atoms with Crippen LogP contribution < -0.4 is 14.4 Å². The van der Waals surface area contributed by atoms with Crippen molar-refractivity contribution in [2.45, 2.75) is 13.0 Å². The highest BCUT2D eigenvalue weighted by Crippen LogP contribution is 2.46. The molecule has 2 heterocycles. The number of anilines is 1. The summed E-state index contributed by atoms with van der Waals surface area (Å²) >= 11 is 7.56. The van der Waals surface area contributed by atoms with Crippen LogP contribution in [-0.4, -0.2) is 31.0 Å². The second-order valence-corrected chi connectivity index (χ2v) is 8.56. The Morgan fingerprint density at radius 1 is 1.06 bits per heavy atom. The van der Waals surface area contributed by atoms with E-state index in [2.05, 4.69) is 0 Å². The molecule has 1 aliphatic rings. The number of hydrogen-bond donors (Lipinski definition) is 1. The van der Waals surface area contributed by atoms with Crippen LogP contribution in [0.3, 0.4) is 0 Å². The van der Waals surface area contributed by atoms with Crippen molar-refractivity contribution in [1.29, 1.82) is 0 Å². The summed E-state index contributed by atoms with van der Waals surface area (Å²) in [4.78, 5) is 28.6. The average Bonchev–Trinajstić information content (AvgIpc) is 3.33. The molecular formula is C24H20ClNO5S. The van der Waals surface area contributed by atoms with Crippen LogP contribution >= 0.6 is 22.9 Å². The number of aryl methyl sites for hydroxylation is 1. The Kier molecular flexibility index (Phi) is 5.95. The fraction of sp³-hybridized carbons (Fsp3) is 0.167. The van der Waals surface area contributed by atoms with Gasteiger partial charge in [-0.1, -0.05) is 11.6 Å². The first-order valence-corrected chi connectivity index (χ1v) is 11.0. The molecule has 1 aromatic heterocycles. The number of Topliss-reactive ketones (excluding diaryl/α,β-unsaturated/α-hetero) is 1. The van der Waals surface area contributed by atoms with Crippen molar-refractivity contribution in [2.24, 2.45) is 0 Å². The number of amides is 1. The minimum Gasteiger partial charge on any atom is -0.507 e. The Labute approximate surface area is 194 Å². The normalized spacial score (nSPS) is 17.6. The zero-order valence-electron chi connectivity index (χ0n) is 17.6. The summed E-state index contributed by atoms with van der Waals surface area (Å²) in [5.41, 5.74) is 1.65. The summed E-state index contributed by atoms with van der Waals surface area (Å²) < 4.78 is 10.6. The monoisotopic (exact) mass is 469 g/mol. The van der Waals surface area contributed by atoms with Crippen LogP contribution in [0, 0.1) is 6.92 Å². The van der Waals surface area contributed by atoms with Gasteiger partial charge in [0.05, 0.1) is 25.4 Å². The van der Waals surface area contributed by atoms with Crippen molar-refractivity contribution < 1.29 is 24.2 Å². The van der Waals surface area contributed by atoms with Gasteiger partial charge in [-0.3, -0.25) is 14.5 Å². The third kappa shape index (κ3) is 3.63. The third-order valence-electron chi connectivity index (χ3n) is 5.36. The van der Waals surface area contributed by atoms with Crippen LogP contribution in [0.25, 0.3) is 5.76 Å². The number of thiophene rings is 1. The van der Waals surface area contributed by atoms with Crippen molar-refractivity contribution in [3.8, 4) is 11.5 Å². The van der Waals surface area contributed by atoms with Crippen LogP contribution in [0.2, 0.25) is 5.02 Å². The Bertz CT molecular complexity index is 1230. The summed E-state index contributed by atoms with van der Waals surface area (Å²) in [5, 5.41) is 13.5. The van der Waals surface area contributed by atoms with Gasteiger partial charge in [-0.2, -0.15) is 0 Å². The number of aliphatic hydroxyl groups excluding tert-OH is 1. The predicted molar refractivity (Wildman–Crippen MR) is 125 cm³/mol. The zero-order valence-corrected chi connectivity index (χ0v) is 19.2. The number of ketones is 1. The number of nitrogens with zero attached hydrogens (tertiary/aromatic N) is 1. The van der Waals surface area contributed by atoms with E-state index in [-0.39, 0.29) is 16.9 Å². The smallest absolute Gasteiger partial charge is 0.300 e. The van der Waals surface area contributed by atoms with E-state index in [1.54, 1.807) is 43.5 Å². The number of carbonyl (C=O) groups excluding carboxylic acids is 2. The van der Waals surface area contributed by atoms with Gasteiger partial charge in [0.1, 0.15) is 23.3 Å². The van der Waals surface area contributed by atoms with E-state index in [0.717, 1.165) is 10.4 Å². The van der Waals surface area contributed by atoms with E-state index >= 15 is 0 Å². The Hall–Kier alpha value is -3.29. The zero-order chi connectivity index (χ0) is 23.0. The highest BCUT2D eigenvalue weighted by atomic mass is 35.5. The molecule has 4 rings (SSSR count). The lowest BCUT2D eigenvalue weighted by molar-refractivity contribution is -0.132. The molecule has 164 valence electrons. The van der Waals surface area contributed by atoms with Gasteiger partial charge in [0.15, 0.2) is 0 Å². The van der Waals surface area contributed by atoms with Crippen LogP contribution in [0.15, 0.2) is 59.5 Å². The van der Waals surface area contributed by atoms with Crippen molar-refractivity contribution in [2.75, 3.05) is 19.1 Å². The van der Waals surface area contributed by atoms with Crippen molar-refractivity contribution in [1.82, 2.24) is 0 Å². The first-order chi connectivity index (χ1) is 15.4. The highest BCUT2D eigenvalue weighted by Gasteiger charge is 2.48. The molecule has 1 saturated heterocycles. The SMILES string of the molecule is COc1ccc(N2C(=O)C(=O)/C(=C(/O)c3cc(Cl)ccc3OC)C2c2sccc2C)cc1. The molecule has 0 saturated carbocycles. The molecule has 1 unspecified atom stereocenters. The molecular weight excluding hydrogens is 450 g/mol. The van der Waals surface area contributed by atoms with Gasteiger partial charge in [-0.05, 0) is 66.4 Å². The number of methoxy groups -OCH3 is 2. The lowest BCUT2D eigenvalue weighted by Gasteiger charge is -2.25. The first kappa shape index (κ1) is 21.9. The standard InChI is InChI=1S/C24H20ClNO5S/c1-13-10-11-32-23(13)20-19(21(27)17-12-14(25)4-9-18(17)31-3)22(28)24(29)26(20)15-5-7-16(30-2)8-6-15/h4-12,20,27H,1-3H3/b21-19+. The molecule has 0 radical (unpaired) electrons. The van der Waals surface area contributed by atoms with E-state index < -0.39 is 17.7 Å². The average molecular weight is 470 g/mol. The summed E-state index contributed by atoms with van der Waals surface area (Å²) in [6.07, 6.45) is 0. The molecule has 3 aromatic rings. The number of aliphatic hydroxyl groups is 1. The van der Waals surface area contributed by atoms with Crippen molar-refractivity contribution in [3.05, 3.63) is 80.5 Å². The van der Waals surface area contributed by atoms with Crippen LogP contribution in [-0.2, 0) is 9.59 Å². The Morgan fingerprint density at radius 2 is 1.78 bits per heavy atom. The van der Waals surface area contributed by atoms with Crippen LogP contribution in [0.5, 0.6) is 11.5 Å². The lowest BCUT2D eigenvalue weighted by Crippen LogP contribution is -2.29. The van der Waals surface area contributed by atoms with Gasteiger partial charge in [0, 0.05) is 15.6 Å². The van der Waals surface area contributed by atoms with Crippen LogP contribution in [0.4, 0.5) is 5.69 Å². The number of carbonyl (C=O) groups is 2. The fourth-order valence-electron chi connectivity index (χ4n) is 3.76. The summed E-state index contributed by atoms with van der Waals surface area (Å²) in [7, 11) is 3.01. The molecule has 0 spiro atoms. The van der Waals surface area contributed by atoms with Gasteiger partial charge in [0.2, 0.25) is 0 Å². The van der Waals surface area contributed by atoms with Crippen LogP contribution in [0.1, 0.15) is 22.0 Å². The van der Waals surface area contributed by atoms with E-state index in [4.69, 9.17) is 21.1 Å². The quantitative estimate of drug-likeness (QED) is 0.309. The maximum atomic E-state index is 13.2. The molecule has 1 atom stereocenters. The summed E-state index contributed by atoms with van der Waals surface area (Å²) in [6, 6.07) is 12.7. The van der Waals surface area contributed by atoms with Crippen molar-refractivity contribution >= 4 is 46.1 Å². The second-order valence-electron chi connectivity index (χ2n) is 7.18. The Balaban J connectivity index is 1.96. The molecule has 32 heavy (non-hydrogen) atoms. The van der Waals surface area contributed by atoms with E-state index in [0.29, 0.717) is 22.2 Å². The lowest BCUT2D eigenvalue weighted by atomic mass is 9.97. The number of rotatable bonds is 5. The van der Waals surface area contributed by atoms with E-state index in [1.165, 1.54) is 29.4 Å². The van der Waals surface area contributed by atoms with Gasteiger partial charge >= 0.3 is 0 Å². The number of hydrogen-bond acceptors (Lipinski definition) is 6. The van der Waals surface area contributed by atoms with Gasteiger partial charge < -0.3 is 14.6 Å². The molecule has 1 N–H and O–H groups in total. The van der Waals surface area contributed by atoms with Gasteiger partial charge in [0.25, 0.3) is 11.7 Å². The fourth-order valence-corrected chi connectivity index (χ4v) is 4.96. The Morgan fingerprint density at radius 3 is 2.38 bits per heavy atom. The summed E-state index contributed by atoms with van der Waals surface area (Å²) in [6.45, 7) is 1.90. The molecule has 0 aliphatic carbocycles. The summed E-state index contributed by atoms with van der Waals surface area (Å²) in [5.74, 6) is -0.882. The molecule has 1 amide bonds. The molecule has 0 bridgehead atoms. The minimum absolute atomic E-state index is 0.0167. The molecule has 1 fully saturated rings. The number of halogens is 1. The van der Waals surface area contributed by atoms with Crippen molar-refractivity contribution in [3.63, 3.8) is 0 Å². The van der Waals surface area contributed by atoms with Gasteiger partial charge in [-0.15, -0.1) is 11.3 Å². The topological polar surface area (TPSA) is 76.1 Å². The predicted octanol–water partition coefficient (Wildman–Crippen LogP) is 5.35. The second kappa shape index (κ2) is 8.68. The number of benzene rings is 2. The molecule has 1 aliphatic heterocycles.